The molecule has 2 nitrogen and oxygen atoms in total. The fraction of sp³-hybridized carbons (Fsp3) is 0.280. The molecule has 150 valence electrons. The van der Waals surface area contributed by atoms with Crippen LogP contribution in [0.1, 0.15) is 30.0 Å². The van der Waals surface area contributed by atoms with E-state index in [2.05, 4.69) is 26.0 Å². The number of rotatable bonds is 9. The number of hydrogen-bond donors (Lipinski definition) is 0. The van der Waals surface area contributed by atoms with Crippen LogP contribution in [0.3, 0.4) is 0 Å². The molecule has 2 radical (unpaired) electrons. The van der Waals surface area contributed by atoms with Crippen LogP contribution < -0.4 is 14.7 Å². The topological polar surface area (TPSA) is 18.5 Å². The summed E-state index contributed by atoms with van der Waals surface area (Å²) >= 11 is 0. The Hall–Kier alpha value is -2.59. The molecule has 3 rings (SSSR count). The predicted octanol–water partition coefficient (Wildman–Crippen LogP) is 6.01. The van der Waals surface area contributed by atoms with E-state index < -0.39 is 0 Å². The van der Waals surface area contributed by atoms with E-state index in [0.717, 1.165) is 39.7 Å². The van der Waals surface area contributed by atoms with Crippen LogP contribution in [0.15, 0.2) is 60.7 Å². The zero-order valence-electron chi connectivity index (χ0n) is 17.3. The molecular formula is C25H27FO2Si. The number of benzene rings is 3. The minimum atomic E-state index is -0.333. The van der Waals surface area contributed by atoms with Crippen LogP contribution in [0.5, 0.6) is 17.2 Å². The largest absolute Gasteiger partial charge is 0.494 e. The molecule has 3 aromatic carbocycles. The molecule has 0 aliphatic rings. The standard InChI is InChI=1S/C25H27FO2Si/c1-4-27-23-14-15-25(19(3)18(23)2)29-16-8-9-20-12-13-22(26)24(17-20)28-21-10-6-5-7-11-21/h5-7,10-15,17H,4,8-9,16H2,1-3H3. The van der Waals surface area contributed by atoms with Gasteiger partial charge in [-0.15, -0.1) is 0 Å². The second-order valence-corrected chi connectivity index (χ2v) is 8.40. The molecule has 0 amide bonds. The number of halogens is 1. The van der Waals surface area contributed by atoms with Crippen molar-refractivity contribution in [2.24, 2.45) is 0 Å². The molecule has 0 aromatic heterocycles. The highest BCUT2D eigenvalue weighted by Gasteiger charge is 2.09. The van der Waals surface area contributed by atoms with Gasteiger partial charge in [0, 0.05) is 0 Å². The van der Waals surface area contributed by atoms with Crippen LogP contribution in [0, 0.1) is 19.7 Å². The van der Waals surface area contributed by atoms with Gasteiger partial charge in [-0.3, -0.25) is 0 Å². The molecule has 0 aliphatic carbocycles. The third-order valence-corrected chi connectivity index (χ3v) is 6.49. The molecular weight excluding hydrogens is 379 g/mol. The number of para-hydroxylation sites is 1. The third kappa shape index (κ3) is 5.70. The normalized spacial score (nSPS) is 10.8. The summed E-state index contributed by atoms with van der Waals surface area (Å²) in [7, 11) is 0.762. The van der Waals surface area contributed by atoms with E-state index in [4.69, 9.17) is 9.47 Å². The molecule has 0 unspecified atom stereocenters. The fourth-order valence-corrected chi connectivity index (χ4v) is 4.49. The zero-order chi connectivity index (χ0) is 20.6. The Labute approximate surface area is 175 Å². The van der Waals surface area contributed by atoms with E-state index in [1.807, 2.05) is 49.4 Å². The van der Waals surface area contributed by atoms with Gasteiger partial charge < -0.3 is 9.47 Å². The maximum absolute atomic E-state index is 14.1. The Kier molecular flexibility index (Phi) is 7.47. The van der Waals surface area contributed by atoms with Gasteiger partial charge in [0.05, 0.1) is 16.1 Å². The van der Waals surface area contributed by atoms with Gasteiger partial charge in [0.2, 0.25) is 0 Å². The molecule has 4 heteroatoms. The summed E-state index contributed by atoms with van der Waals surface area (Å²) in [5.41, 5.74) is 3.66. The molecule has 0 spiro atoms. The molecule has 0 saturated carbocycles. The summed E-state index contributed by atoms with van der Waals surface area (Å²) in [5.74, 6) is 1.58. The van der Waals surface area contributed by atoms with Gasteiger partial charge in [0.1, 0.15) is 11.5 Å². The van der Waals surface area contributed by atoms with Gasteiger partial charge in [0.25, 0.3) is 0 Å². The Bertz CT molecular complexity index is 941. The average molecular weight is 407 g/mol. The van der Waals surface area contributed by atoms with Crippen LogP contribution in [0.25, 0.3) is 0 Å². The average Bonchev–Trinajstić information content (AvgIpc) is 2.73. The van der Waals surface area contributed by atoms with Crippen LogP contribution in [0.2, 0.25) is 6.04 Å². The van der Waals surface area contributed by atoms with E-state index >= 15 is 0 Å². The molecule has 0 bridgehead atoms. The number of hydrogen-bond acceptors (Lipinski definition) is 2. The van der Waals surface area contributed by atoms with Crippen molar-refractivity contribution in [3.63, 3.8) is 0 Å². The fourth-order valence-electron chi connectivity index (χ4n) is 3.21. The van der Waals surface area contributed by atoms with Crippen molar-refractivity contribution in [2.75, 3.05) is 6.61 Å². The molecule has 29 heavy (non-hydrogen) atoms. The van der Waals surface area contributed by atoms with Crippen LogP contribution in [-0.2, 0) is 6.42 Å². The van der Waals surface area contributed by atoms with Crippen molar-refractivity contribution in [1.82, 2.24) is 0 Å². The second kappa shape index (κ2) is 10.3. The predicted molar refractivity (Wildman–Crippen MR) is 119 cm³/mol. The summed E-state index contributed by atoms with van der Waals surface area (Å²) < 4.78 is 25.5. The lowest BCUT2D eigenvalue weighted by atomic mass is 10.1. The van der Waals surface area contributed by atoms with E-state index in [9.17, 15) is 4.39 Å². The van der Waals surface area contributed by atoms with Crippen molar-refractivity contribution in [3.8, 4) is 17.2 Å². The van der Waals surface area contributed by atoms with Gasteiger partial charge in [-0.2, -0.15) is 0 Å². The lowest BCUT2D eigenvalue weighted by molar-refractivity contribution is 0.337. The van der Waals surface area contributed by atoms with Crippen molar-refractivity contribution >= 4 is 14.7 Å². The first kappa shape index (κ1) is 21.1. The number of ether oxygens (including phenoxy) is 2. The molecule has 0 heterocycles. The van der Waals surface area contributed by atoms with Gasteiger partial charge >= 0.3 is 0 Å². The minimum Gasteiger partial charge on any atom is -0.494 e. The third-order valence-electron chi connectivity index (χ3n) is 4.96. The molecule has 0 saturated heterocycles. The lowest BCUT2D eigenvalue weighted by Gasteiger charge is -2.13. The second-order valence-electron chi connectivity index (χ2n) is 7.00. The minimum absolute atomic E-state index is 0.286. The van der Waals surface area contributed by atoms with Gasteiger partial charge in [0.15, 0.2) is 11.6 Å². The monoisotopic (exact) mass is 406 g/mol. The van der Waals surface area contributed by atoms with Crippen molar-refractivity contribution in [2.45, 2.75) is 39.7 Å². The SMILES string of the molecule is CCOc1ccc([Si]CCCc2ccc(F)c(Oc3ccccc3)c2)c(C)c1C. The Balaban J connectivity index is 1.56. The maximum atomic E-state index is 14.1. The maximum Gasteiger partial charge on any atom is 0.165 e. The van der Waals surface area contributed by atoms with Crippen LogP contribution >= 0.6 is 0 Å². The highest BCUT2D eigenvalue weighted by molar-refractivity contribution is 6.54. The van der Waals surface area contributed by atoms with Crippen molar-refractivity contribution in [1.29, 1.82) is 0 Å². The summed E-state index contributed by atoms with van der Waals surface area (Å²) in [5, 5.41) is 1.40. The molecule has 0 atom stereocenters. The summed E-state index contributed by atoms with van der Waals surface area (Å²) in [6.07, 6.45) is 1.97. The van der Waals surface area contributed by atoms with Crippen LogP contribution in [-0.4, -0.2) is 16.1 Å². The zero-order valence-corrected chi connectivity index (χ0v) is 18.3. The molecule has 0 N–H and O–H groups in total. The molecule has 3 aromatic rings. The Morgan fingerprint density at radius 1 is 0.897 bits per heavy atom. The van der Waals surface area contributed by atoms with E-state index in [1.165, 1.54) is 22.4 Å². The van der Waals surface area contributed by atoms with Crippen molar-refractivity contribution in [3.05, 3.63) is 83.2 Å². The highest BCUT2D eigenvalue weighted by Crippen LogP contribution is 2.26. The van der Waals surface area contributed by atoms with Gasteiger partial charge in [-0.05, 0) is 74.2 Å². The van der Waals surface area contributed by atoms with E-state index in [-0.39, 0.29) is 11.6 Å². The highest BCUT2D eigenvalue weighted by atomic mass is 28.2. The van der Waals surface area contributed by atoms with Crippen molar-refractivity contribution < 1.29 is 13.9 Å². The van der Waals surface area contributed by atoms with Gasteiger partial charge in [-0.1, -0.05) is 48.0 Å². The smallest absolute Gasteiger partial charge is 0.165 e. The number of aryl methyl sites for hydroxylation is 1. The summed E-state index contributed by atoms with van der Waals surface area (Å²) in [4.78, 5) is 0. The van der Waals surface area contributed by atoms with E-state index in [1.54, 1.807) is 0 Å². The summed E-state index contributed by atoms with van der Waals surface area (Å²) in [6.45, 7) is 7.00. The van der Waals surface area contributed by atoms with Crippen LogP contribution in [0.4, 0.5) is 4.39 Å². The first-order valence-corrected chi connectivity index (χ1v) is 11.3. The van der Waals surface area contributed by atoms with Gasteiger partial charge in [-0.25, -0.2) is 4.39 Å². The Morgan fingerprint density at radius 2 is 1.69 bits per heavy atom. The molecule has 0 fully saturated rings. The first-order valence-electron chi connectivity index (χ1n) is 10.1. The molecule has 0 aliphatic heterocycles. The Morgan fingerprint density at radius 3 is 2.45 bits per heavy atom. The lowest BCUT2D eigenvalue weighted by Crippen LogP contribution is -2.19. The van der Waals surface area contributed by atoms with E-state index in [0.29, 0.717) is 12.4 Å². The first-order chi connectivity index (χ1) is 14.1. The quantitative estimate of drug-likeness (QED) is 0.320. The summed E-state index contributed by atoms with van der Waals surface area (Å²) in [6, 6.07) is 19.9.